The van der Waals surface area contributed by atoms with Crippen LogP contribution in [0.15, 0.2) is 6.20 Å². The van der Waals surface area contributed by atoms with Crippen molar-refractivity contribution < 1.29 is 0 Å². The van der Waals surface area contributed by atoms with E-state index in [9.17, 15) is 0 Å². The van der Waals surface area contributed by atoms with Crippen LogP contribution in [0.1, 0.15) is 63.9 Å². The first-order valence-corrected chi connectivity index (χ1v) is 7.94. The Balaban J connectivity index is 2.32. The van der Waals surface area contributed by atoms with E-state index in [4.69, 9.17) is 4.98 Å². The molecule has 0 aromatic carbocycles. The molecule has 1 aliphatic rings. The Hall–Kier alpha value is -1.16. The monoisotopic (exact) mass is 276 g/mol. The summed E-state index contributed by atoms with van der Waals surface area (Å²) in [6.07, 6.45) is 7.36. The molecule has 0 aliphatic heterocycles. The zero-order valence-electron chi connectivity index (χ0n) is 13.3. The van der Waals surface area contributed by atoms with Gasteiger partial charge in [0, 0.05) is 25.0 Å². The average molecular weight is 276 g/mol. The number of nitrogens with one attached hydrogen (secondary N) is 1. The molecule has 1 saturated carbocycles. The summed E-state index contributed by atoms with van der Waals surface area (Å²) in [4.78, 5) is 11.9. The van der Waals surface area contributed by atoms with E-state index in [2.05, 4.69) is 36.0 Å². The molecule has 2 rings (SSSR count). The first-order chi connectivity index (χ1) is 9.67. The van der Waals surface area contributed by atoms with E-state index in [0.717, 1.165) is 24.6 Å². The van der Waals surface area contributed by atoms with Gasteiger partial charge in [-0.2, -0.15) is 0 Å². The zero-order valence-corrected chi connectivity index (χ0v) is 13.3. The minimum absolute atomic E-state index is 0.376. The normalized spacial score (nSPS) is 16.1. The van der Waals surface area contributed by atoms with E-state index >= 15 is 0 Å². The minimum Gasteiger partial charge on any atom is -0.366 e. The molecule has 0 bridgehead atoms. The summed E-state index contributed by atoms with van der Waals surface area (Å²) in [5.41, 5.74) is 2.36. The lowest BCUT2D eigenvalue weighted by Crippen LogP contribution is -2.34. The summed E-state index contributed by atoms with van der Waals surface area (Å²) >= 11 is 0. The first kappa shape index (κ1) is 15.2. The molecule has 1 N–H and O–H groups in total. The van der Waals surface area contributed by atoms with Crippen LogP contribution in [0.25, 0.3) is 0 Å². The van der Waals surface area contributed by atoms with E-state index in [-0.39, 0.29) is 0 Å². The highest BCUT2D eigenvalue weighted by Gasteiger charge is 2.24. The van der Waals surface area contributed by atoms with Crippen LogP contribution < -0.4 is 10.2 Å². The lowest BCUT2D eigenvalue weighted by molar-refractivity contribution is 0.608. The zero-order chi connectivity index (χ0) is 14.5. The van der Waals surface area contributed by atoms with E-state index in [1.807, 2.05) is 13.2 Å². The van der Waals surface area contributed by atoms with Crippen molar-refractivity contribution in [2.45, 2.75) is 65.0 Å². The van der Waals surface area contributed by atoms with Crippen LogP contribution in [0.5, 0.6) is 0 Å². The lowest BCUT2D eigenvalue weighted by atomic mass is 10.1. The van der Waals surface area contributed by atoms with E-state index in [1.54, 1.807) is 0 Å². The van der Waals surface area contributed by atoms with Gasteiger partial charge in [0.1, 0.15) is 5.82 Å². The third kappa shape index (κ3) is 3.29. The molecule has 0 unspecified atom stereocenters. The number of anilines is 1. The van der Waals surface area contributed by atoms with E-state index in [1.165, 1.54) is 31.4 Å². The van der Waals surface area contributed by atoms with Gasteiger partial charge in [0.05, 0.1) is 17.6 Å². The molecule has 0 atom stereocenters. The van der Waals surface area contributed by atoms with Gasteiger partial charge in [-0.25, -0.2) is 9.97 Å². The van der Waals surface area contributed by atoms with Gasteiger partial charge in [0.15, 0.2) is 0 Å². The number of hydrogen-bond acceptors (Lipinski definition) is 4. The summed E-state index contributed by atoms with van der Waals surface area (Å²) in [6.45, 7) is 8.36. The predicted molar refractivity (Wildman–Crippen MR) is 84.2 cm³/mol. The van der Waals surface area contributed by atoms with Crippen molar-refractivity contribution in [3.63, 3.8) is 0 Å². The Morgan fingerprint density at radius 1 is 1.35 bits per heavy atom. The number of hydrogen-bond donors (Lipinski definition) is 1. The Morgan fingerprint density at radius 2 is 2.05 bits per heavy atom. The van der Waals surface area contributed by atoms with Gasteiger partial charge in [0.25, 0.3) is 0 Å². The van der Waals surface area contributed by atoms with Gasteiger partial charge < -0.3 is 10.2 Å². The fourth-order valence-electron chi connectivity index (χ4n) is 3.08. The van der Waals surface area contributed by atoms with Crippen molar-refractivity contribution >= 4 is 5.69 Å². The summed E-state index contributed by atoms with van der Waals surface area (Å²) in [5, 5.41) is 3.24. The molecular weight excluding hydrogens is 248 g/mol. The van der Waals surface area contributed by atoms with E-state index < -0.39 is 0 Å². The molecule has 0 spiro atoms. The Morgan fingerprint density at radius 3 is 2.60 bits per heavy atom. The van der Waals surface area contributed by atoms with Crippen molar-refractivity contribution in [3.8, 4) is 0 Å². The van der Waals surface area contributed by atoms with Crippen molar-refractivity contribution in [2.75, 3.05) is 18.5 Å². The van der Waals surface area contributed by atoms with Gasteiger partial charge in [-0.1, -0.05) is 26.7 Å². The maximum absolute atomic E-state index is 4.79. The second-order valence-electron chi connectivity index (χ2n) is 5.97. The number of aromatic nitrogens is 2. The van der Waals surface area contributed by atoms with Crippen LogP contribution in [0.4, 0.5) is 5.69 Å². The number of rotatable bonds is 6. The second kappa shape index (κ2) is 7.02. The average Bonchev–Trinajstić information content (AvgIpc) is 2.95. The summed E-state index contributed by atoms with van der Waals surface area (Å²) in [6, 6.07) is 0.670. The van der Waals surface area contributed by atoms with Crippen LogP contribution >= 0.6 is 0 Å². The number of nitrogens with zero attached hydrogens (tertiary/aromatic N) is 3. The Bertz CT molecular complexity index is 424. The molecule has 1 heterocycles. The standard InChI is InChI=1S/C16H28N4/c1-5-20(13-8-6-7-9-13)15-11-18-16(12(2)3)19-14(15)10-17-4/h11-13,17H,5-10H2,1-4H3. The lowest BCUT2D eigenvalue weighted by Gasteiger charge is -2.31. The molecular formula is C16H28N4. The van der Waals surface area contributed by atoms with E-state index in [0.29, 0.717) is 12.0 Å². The SMILES string of the molecule is CCN(c1cnc(C(C)C)nc1CNC)C1CCCC1. The molecule has 1 aromatic heterocycles. The predicted octanol–water partition coefficient (Wildman–Crippen LogP) is 3.09. The smallest absolute Gasteiger partial charge is 0.131 e. The molecule has 1 aliphatic carbocycles. The molecule has 0 saturated heterocycles. The van der Waals surface area contributed by atoms with Gasteiger partial charge in [0.2, 0.25) is 0 Å². The van der Waals surface area contributed by atoms with Crippen molar-refractivity contribution in [1.29, 1.82) is 0 Å². The third-order valence-corrected chi connectivity index (χ3v) is 4.14. The van der Waals surface area contributed by atoms with Gasteiger partial charge in [-0.15, -0.1) is 0 Å². The third-order valence-electron chi connectivity index (χ3n) is 4.14. The van der Waals surface area contributed by atoms with Gasteiger partial charge >= 0.3 is 0 Å². The molecule has 0 amide bonds. The highest BCUT2D eigenvalue weighted by molar-refractivity contribution is 5.50. The molecule has 4 heteroatoms. The highest BCUT2D eigenvalue weighted by Crippen LogP contribution is 2.29. The van der Waals surface area contributed by atoms with Crippen LogP contribution in [0.2, 0.25) is 0 Å². The molecule has 0 radical (unpaired) electrons. The van der Waals surface area contributed by atoms with Crippen LogP contribution in [0, 0.1) is 0 Å². The largest absolute Gasteiger partial charge is 0.366 e. The quantitative estimate of drug-likeness (QED) is 0.867. The molecule has 112 valence electrons. The van der Waals surface area contributed by atoms with Gasteiger partial charge in [-0.05, 0) is 26.8 Å². The van der Waals surface area contributed by atoms with Crippen molar-refractivity contribution in [1.82, 2.24) is 15.3 Å². The van der Waals surface area contributed by atoms with Crippen LogP contribution in [-0.4, -0.2) is 29.6 Å². The van der Waals surface area contributed by atoms with Crippen molar-refractivity contribution in [3.05, 3.63) is 17.7 Å². The maximum atomic E-state index is 4.79. The minimum atomic E-state index is 0.376. The molecule has 20 heavy (non-hydrogen) atoms. The second-order valence-corrected chi connectivity index (χ2v) is 5.97. The summed E-state index contributed by atoms with van der Waals surface area (Å²) in [7, 11) is 1.98. The molecule has 1 aromatic rings. The van der Waals surface area contributed by atoms with Crippen molar-refractivity contribution in [2.24, 2.45) is 0 Å². The summed E-state index contributed by atoms with van der Waals surface area (Å²) < 4.78 is 0. The molecule has 4 nitrogen and oxygen atoms in total. The first-order valence-electron chi connectivity index (χ1n) is 7.94. The molecule has 1 fully saturated rings. The fraction of sp³-hybridized carbons (Fsp3) is 0.750. The summed E-state index contributed by atoms with van der Waals surface area (Å²) in [5.74, 6) is 1.32. The Labute approximate surface area is 123 Å². The maximum Gasteiger partial charge on any atom is 0.131 e. The van der Waals surface area contributed by atoms with Crippen LogP contribution in [-0.2, 0) is 6.54 Å². The van der Waals surface area contributed by atoms with Gasteiger partial charge in [-0.3, -0.25) is 0 Å². The Kier molecular flexibility index (Phi) is 5.35. The fourth-order valence-corrected chi connectivity index (χ4v) is 3.08. The highest BCUT2D eigenvalue weighted by atomic mass is 15.2. The van der Waals surface area contributed by atoms with Crippen LogP contribution in [0.3, 0.4) is 0 Å². The topological polar surface area (TPSA) is 41.1 Å².